The Morgan fingerprint density at radius 3 is 2.62 bits per heavy atom. The molecule has 1 aromatic heterocycles. The van der Waals surface area contributed by atoms with Gasteiger partial charge in [0.1, 0.15) is 5.69 Å². The van der Waals surface area contributed by atoms with E-state index in [9.17, 15) is 13.2 Å². The van der Waals surface area contributed by atoms with Crippen molar-refractivity contribution in [1.82, 2.24) is 4.98 Å². The molecule has 0 radical (unpaired) electrons. The molecule has 6 heteroatoms. The van der Waals surface area contributed by atoms with Crippen LogP contribution in [0.15, 0.2) is 23.2 Å². The van der Waals surface area contributed by atoms with Crippen LogP contribution in [-0.2, 0) is 9.84 Å². The number of carbonyl (C=O) groups is 1. The molecule has 70 valence electrons. The van der Waals surface area contributed by atoms with Crippen molar-refractivity contribution < 1.29 is 18.3 Å². The van der Waals surface area contributed by atoms with Crippen molar-refractivity contribution in [1.29, 1.82) is 0 Å². The van der Waals surface area contributed by atoms with Crippen LogP contribution in [0.3, 0.4) is 0 Å². The van der Waals surface area contributed by atoms with Crippen molar-refractivity contribution in [2.45, 2.75) is 4.90 Å². The average Bonchev–Trinajstić information content (AvgIpc) is 2.03. The zero-order chi connectivity index (χ0) is 10.1. The second kappa shape index (κ2) is 3.14. The maximum absolute atomic E-state index is 11.0. The van der Waals surface area contributed by atoms with Crippen LogP contribution in [0, 0.1) is 0 Å². The second-order valence-electron chi connectivity index (χ2n) is 2.45. The first-order chi connectivity index (χ1) is 5.91. The fourth-order valence-corrected chi connectivity index (χ4v) is 1.39. The van der Waals surface area contributed by atoms with E-state index in [0.29, 0.717) is 0 Å². The fraction of sp³-hybridized carbons (Fsp3) is 0.143. The van der Waals surface area contributed by atoms with Gasteiger partial charge in [0.05, 0.1) is 4.90 Å². The van der Waals surface area contributed by atoms with E-state index >= 15 is 0 Å². The zero-order valence-electron chi connectivity index (χ0n) is 6.76. The Morgan fingerprint density at radius 1 is 1.54 bits per heavy atom. The van der Waals surface area contributed by atoms with E-state index in [1.807, 2.05) is 0 Å². The molecule has 1 N–H and O–H groups in total. The molecule has 1 aromatic rings. The molecule has 1 heterocycles. The number of hydrogen-bond donors (Lipinski definition) is 1. The summed E-state index contributed by atoms with van der Waals surface area (Å²) in [6, 6.07) is 2.28. The van der Waals surface area contributed by atoms with Gasteiger partial charge in [-0.15, -0.1) is 0 Å². The molecule has 0 aromatic carbocycles. The van der Waals surface area contributed by atoms with Crippen molar-refractivity contribution in [3.63, 3.8) is 0 Å². The first-order valence-electron chi connectivity index (χ1n) is 3.30. The summed E-state index contributed by atoms with van der Waals surface area (Å²) in [6.07, 6.45) is 2.16. The number of aromatic carboxylic acids is 1. The molecule has 0 amide bonds. The number of rotatable bonds is 2. The van der Waals surface area contributed by atoms with Gasteiger partial charge >= 0.3 is 5.97 Å². The van der Waals surface area contributed by atoms with Gasteiger partial charge in [0.25, 0.3) is 0 Å². The van der Waals surface area contributed by atoms with E-state index in [4.69, 9.17) is 5.11 Å². The molecule has 0 atom stereocenters. The van der Waals surface area contributed by atoms with Gasteiger partial charge in [-0.1, -0.05) is 0 Å². The Kier molecular flexibility index (Phi) is 2.33. The van der Waals surface area contributed by atoms with Crippen molar-refractivity contribution in [3.05, 3.63) is 24.0 Å². The second-order valence-corrected chi connectivity index (χ2v) is 4.47. The van der Waals surface area contributed by atoms with Crippen LogP contribution < -0.4 is 0 Å². The molecule has 1 rings (SSSR count). The number of hydrogen-bond acceptors (Lipinski definition) is 4. The molecular weight excluding hydrogens is 194 g/mol. The van der Waals surface area contributed by atoms with Crippen LogP contribution in [-0.4, -0.2) is 30.7 Å². The minimum absolute atomic E-state index is 0.0418. The van der Waals surface area contributed by atoms with Crippen LogP contribution in [0.2, 0.25) is 0 Å². The largest absolute Gasteiger partial charge is 0.477 e. The molecule has 0 saturated carbocycles. The van der Waals surface area contributed by atoms with E-state index < -0.39 is 15.8 Å². The summed E-state index contributed by atoms with van der Waals surface area (Å²) >= 11 is 0. The summed E-state index contributed by atoms with van der Waals surface area (Å²) in [5, 5.41) is 8.52. The summed E-state index contributed by atoms with van der Waals surface area (Å²) in [5.41, 5.74) is -0.275. The lowest BCUT2D eigenvalue weighted by Crippen LogP contribution is -2.03. The minimum Gasteiger partial charge on any atom is -0.477 e. The van der Waals surface area contributed by atoms with Crippen molar-refractivity contribution in [2.75, 3.05) is 6.26 Å². The van der Waals surface area contributed by atoms with Crippen LogP contribution in [0.25, 0.3) is 0 Å². The average molecular weight is 201 g/mol. The van der Waals surface area contributed by atoms with Gasteiger partial charge in [-0.3, -0.25) is 0 Å². The first kappa shape index (κ1) is 9.66. The predicted octanol–water partition coefficient (Wildman–Crippen LogP) is 0.183. The van der Waals surface area contributed by atoms with Gasteiger partial charge in [-0.05, 0) is 12.1 Å². The van der Waals surface area contributed by atoms with Crippen LogP contribution in [0.1, 0.15) is 10.5 Å². The summed E-state index contributed by atoms with van der Waals surface area (Å²) in [6.45, 7) is 0. The number of nitrogens with zero attached hydrogens (tertiary/aromatic N) is 1. The summed E-state index contributed by atoms with van der Waals surface area (Å²) in [4.78, 5) is 13.9. The molecule has 0 unspecified atom stereocenters. The topological polar surface area (TPSA) is 84.3 Å². The monoisotopic (exact) mass is 201 g/mol. The normalized spacial score (nSPS) is 11.2. The number of pyridine rings is 1. The summed E-state index contributed by atoms with van der Waals surface area (Å²) in [7, 11) is -3.36. The third-order valence-electron chi connectivity index (χ3n) is 1.38. The number of aromatic nitrogens is 1. The Hall–Kier alpha value is -1.43. The predicted molar refractivity (Wildman–Crippen MR) is 44.3 cm³/mol. The molecule has 0 fully saturated rings. The Bertz CT molecular complexity index is 438. The molecule has 0 saturated heterocycles. The lowest BCUT2D eigenvalue weighted by atomic mass is 10.4. The Morgan fingerprint density at radius 2 is 2.15 bits per heavy atom. The summed E-state index contributed by atoms with van der Waals surface area (Å²) in [5.74, 6) is -1.24. The smallest absolute Gasteiger partial charge is 0.354 e. The van der Waals surface area contributed by atoms with E-state index in [1.165, 1.54) is 6.07 Å². The van der Waals surface area contributed by atoms with Gasteiger partial charge in [0.15, 0.2) is 9.84 Å². The van der Waals surface area contributed by atoms with Gasteiger partial charge < -0.3 is 5.11 Å². The SMILES string of the molecule is CS(=O)(=O)c1ccnc(C(=O)O)c1. The highest BCUT2D eigenvalue weighted by molar-refractivity contribution is 7.90. The molecule has 0 bridgehead atoms. The lowest BCUT2D eigenvalue weighted by molar-refractivity contribution is 0.0690. The highest BCUT2D eigenvalue weighted by atomic mass is 32.2. The number of carboxylic acid groups (broad SMARTS) is 1. The summed E-state index contributed by atoms with van der Waals surface area (Å²) < 4.78 is 22.0. The van der Waals surface area contributed by atoms with Crippen molar-refractivity contribution in [3.8, 4) is 0 Å². The van der Waals surface area contributed by atoms with E-state index in [-0.39, 0.29) is 10.6 Å². The third-order valence-corrected chi connectivity index (χ3v) is 2.49. The van der Waals surface area contributed by atoms with E-state index in [2.05, 4.69) is 4.98 Å². The maximum Gasteiger partial charge on any atom is 0.354 e. The van der Waals surface area contributed by atoms with Crippen molar-refractivity contribution >= 4 is 15.8 Å². The van der Waals surface area contributed by atoms with E-state index in [0.717, 1.165) is 18.5 Å². The number of sulfone groups is 1. The molecule has 0 aliphatic heterocycles. The lowest BCUT2D eigenvalue weighted by Gasteiger charge is -1.97. The quantitative estimate of drug-likeness (QED) is 0.738. The van der Waals surface area contributed by atoms with Crippen LogP contribution in [0.5, 0.6) is 0 Å². The Balaban J connectivity index is 3.29. The van der Waals surface area contributed by atoms with E-state index in [1.54, 1.807) is 0 Å². The Labute approximate surface area is 75.0 Å². The zero-order valence-corrected chi connectivity index (χ0v) is 7.58. The third kappa shape index (κ3) is 2.25. The van der Waals surface area contributed by atoms with Gasteiger partial charge in [-0.25, -0.2) is 18.2 Å². The van der Waals surface area contributed by atoms with Crippen LogP contribution in [0.4, 0.5) is 0 Å². The standard InChI is InChI=1S/C7H7NO4S/c1-13(11,12)5-2-3-8-6(4-5)7(9)10/h2-4H,1H3,(H,9,10). The number of carboxylic acids is 1. The van der Waals surface area contributed by atoms with Gasteiger partial charge in [-0.2, -0.15) is 0 Å². The molecule has 5 nitrogen and oxygen atoms in total. The molecule has 0 aliphatic carbocycles. The highest BCUT2D eigenvalue weighted by Crippen LogP contribution is 2.08. The van der Waals surface area contributed by atoms with Gasteiger partial charge in [0.2, 0.25) is 0 Å². The molecule has 0 spiro atoms. The fourth-order valence-electron chi connectivity index (χ4n) is 0.759. The molecular formula is C7H7NO4S. The first-order valence-corrected chi connectivity index (χ1v) is 5.20. The minimum atomic E-state index is -3.36. The molecule has 0 aliphatic rings. The van der Waals surface area contributed by atoms with Crippen molar-refractivity contribution in [2.24, 2.45) is 0 Å². The highest BCUT2D eigenvalue weighted by Gasteiger charge is 2.11. The molecule has 13 heavy (non-hydrogen) atoms. The van der Waals surface area contributed by atoms with Gasteiger partial charge in [0, 0.05) is 12.5 Å². The van der Waals surface area contributed by atoms with Crippen LogP contribution >= 0.6 is 0 Å². The maximum atomic E-state index is 11.0.